The van der Waals surface area contributed by atoms with Crippen LogP contribution in [-0.4, -0.2) is 34.4 Å². The van der Waals surface area contributed by atoms with Crippen molar-refractivity contribution in [2.45, 2.75) is 31.8 Å². The van der Waals surface area contributed by atoms with E-state index in [1.54, 1.807) is 4.90 Å². The van der Waals surface area contributed by atoms with Gasteiger partial charge in [0.15, 0.2) is 0 Å². The van der Waals surface area contributed by atoms with Gasteiger partial charge >= 0.3 is 0 Å². The van der Waals surface area contributed by atoms with Gasteiger partial charge in [0.25, 0.3) is 0 Å². The number of rotatable bonds is 3. The normalized spacial score (nSPS) is 39.8. The molecule has 1 saturated carbocycles. The fraction of sp³-hybridized carbons (Fsp3) is 0.889. The number of hydrogen-bond donors (Lipinski definition) is 0. The minimum Gasteiger partial charge on any atom is -0.334 e. The number of carbonyl (C=O) groups is 1. The highest BCUT2D eigenvalue weighted by Crippen LogP contribution is 2.57. The summed E-state index contributed by atoms with van der Waals surface area (Å²) < 4.78 is 0. The van der Waals surface area contributed by atoms with Crippen LogP contribution in [0, 0.1) is 22.0 Å². The summed E-state index contributed by atoms with van der Waals surface area (Å²) in [4.78, 5) is 23.2. The largest absolute Gasteiger partial charge is 0.334 e. The molecular weight excluding hydrogens is 184 g/mol. The fourth-order valence-electron chi connectivity index (χ4n) is 2.98. The maximum absolute atomic E-state index is 11.0. The molecule has 5 nitrogen and oxygen atoms in total. The molecule has 0 unspecified atom stereocenters. The number of carbonyl (C=O) groups excluding carboxylic acids is 1. The van der Waals surface area contributed by atoms with Crippen molar-refractivity contribution in [2.24, 2.45) is 11.8 Å². The van der Waals surface area contributed by atoms with E-state index >= 15 is 0 Å². The van der Waals surface area contributed by atoms with E-state index in [1.807, 2.05) is 13.8 Å². The number of likely N-dealkylation sites (tertiary alicyclic amines) is 1. The molecule has 14 heavy (non-hydrogen) atoms. The number of hydrogen-bond acceptors (Lipinski definition) is 3. The monoisotopic (exact) mass is 198 g/mol. The van der Waals surface area contributed by atoms with Crippen LogP contribution in [0.15, 0.2) is 0 Å². The van der Waals surface area contributed by atoms with E-state index in [2.05, 4.69) is 0 Å². The Hall–Kier alpha value is -1.13. The molecule has 1 amide bonds. The van der Waals surface area contributed by atoms with Gasteiger partial charge in [0.05, 0.1) is 5.92 Å². The van der Waals surface area contributed by atoms with Crippen LogP contribution in [0.5, 0.6) is 0 Å². The van der Waals surface area contributed by atoms with Crippen LogP contribution >= 0.6 is 0 Å². The summed E-state index contributed by atoms with van der Waals surface area (Å²) in [7, 11) is 0. The van der Waals surface area contributed by atoms with Gasteiger partial charge in [-0.3, -0.25) is 14.9 Å². The Kier molecular flexibility index (Phi) is 1.81. The molecule has 2 rings (SSSR count). The van der Waals surface area contributed by atoms with Crippen LogP contribution in [-0.2, 0) is 4.79 Å². The first-order chi connectivity index (χ1) is 6.54. The van der Waals surface area contributed by atoms with Gasteiger partial charge in [-0.15, -0.1) is 0 Å². The molecule has 0 radical (unpaired) electrons. The molecule has 0 spiro atoms. The maximum atomic E-state index is 11.0. The maximum Gasteiger partial charge on any atom is 0.247 e. The van der Waals surface area contributed by atoms with Crippen LogP contribution in [0.4, 0.5) is 0 Å². The zero-order valence-electron chi connectivity index (χ0n) is 8.34. The van der Waals surface area contributed by atoms with Gasteiger partial charge in [-0.25, -0.2) is 0 Å². The summed E-state index contributed by atoms with van der Waals surface area (Å²) in [6, 6.07) is -0.208. The van der Waals surface area contributed by atoms with E-state index in [9.17, 15) is 14.9 Å². The molecule has 0 aromatic carbocycles. The number of nitro groups is 1. The van der Waals surface area contributed by atoms with Crippen molar-refractivity contribution in [3.63, 3.8) is 0 Å². The third-order valence-corrected chi connectivity index (χ3v) is 3.53. The number of nitrogens with zero attached hydrogens (tertiary/aromatic N) is 2. The highest BCUT2D eigenvalue weighted by atomic mass is 16.6. The Morgan fingerprint density at radius 2 is 2.29 bits per heavy atom. The Bertz CT molecular complexity index is 292. The van der Waals surface area contributed by atoms with Gasteiger partial charge in [0.1, 0.15) is 6.04 Å². The second kappa shape index (κ2) is 2.68. The number of piperidine rings is 1. The predicted octanol–water partition coefficient (Wildman–Crippen LogP) is 0.518. The van der Waals surface area contributed by atoms with E-state index in [1.165, 1.54) is 0 Å². The lowest BCUT2D eigenvalue weighted by molar-refractivity contribution is -0.546. The molecule has 0 aromatic rings. The van der Waals surface area contributed by atoms with E-state index in [4.69, 9.17) is 0 Å². The van der Waals surface area contributed by atoms with Crippen molar-refractivity contribution in [1.29, 1.82) is 0 Å². The van der Waals surface area contributed by atoms with Crippen molar-refractivity contribution in [3.05, 3.63) is 10.1 Å². The van der Waals surface area contributed by atoms with Crippen molar-refractivity contribution in [2.75, 3.05) is 6.54 Å². The van der Waals surface area contributed by atoms with Gasteiger partial charge < -0.3 is 4.90 Å². The van der Waals surface area contributed by atoms with Crippen molar-refractivity contribution < 1.29 is 9.72 Å². The Morgan fingerprint density at radius 3 is 2.71 bits per heavy atom. The van der Waals surface area contributed by atoms with Gasteiger partial charge in [-0.1, -0.05) is 13.8 Å². The summed E-state index contributed by atoms with van der Waals surface area (Å²) in [5, 5.41) is 11.0. The Labute approximate surface area is 82.2 Å². The van der Waals surface area contributed by atoms with Gasteiger partial charge in [-0.2, -0.15) is 0 Å². The first kappa shape index (κ1) is 9.43. The van der Waals surface area contributed by atoms with Crippen molar-refractivity contribution >= 4 is 6.41 Å². The van der Waals surface area contributed by atoms with E-state index < -0.39 is 5.54 Å². The number of amides is 1. The van der Waals surface area contributed by atoms with Gasteiger partial charge in [0.2, 0.25) is 11.9 Å². The molecule has 2 aliphatic rings. The van der Waals surface area contributed by atoms with E-state index in [0.29, 0.717) is 13.0 Å². The van der Waals surface area contributed by atoms with Crippen LogP contribution < -0.4 is 0 Å². The fourth-order valence-corrected chi connectivity index (χ4v) is 2.98. The quantitative estimate of drug-likeness (QED) is 0.377. The van der Waals surface area contributed by atoms with E-state index in [0.717, 1.165) is 6.41 Å². The molecule has 2 fully saturated rings. The van der Waals surface area contributed by atoms with Crippen LogP contribution in [0.2, 0.25) is 0 Å². The molecular formula is C9H14N2O3. The summed E-state index contributed by atoms with van der Waals surface area (Å²) in [5.74, 6) is 0.244. The SMILES string of the molecule is CC(C)[C@H]1N(C=O)C[C@@H]2C[C@@]21[N+](=O)[O-]. The molecule has 0 bridgehead atoms. The lowest BCUT2D eigenvalue weighted by Gasteiger charge is -2.27. The highest BCUT2D eigenvalue weighted by Gasteiger charge is 2.76. The topological polar surface area (TPSA) is 63.5 Å². The molecule has 0 N–H and O–H groups in total. The molecule has 1 aliphatic heterocycles. The third-order valence-electron chi connectivity index (χ3n) is 3.53. The molecule has 1 aliphatic carbocycles. The smallest absolute Gasteiger partial charge is 0.247 e. The second-order valence-electron chi connectivity index (χ2n) is 4.64. The Morgan fingerprint density at radius 1 is 1.64 bits per heavy atom. The lowest BCUT2D eigenvalue weighted by Crippen LogP contribution is -2.46. The highest BCUT2D eigenvalue weighted by molar-refractivity contribution is 5.51. The average molecular weight is 198 g/mol. The van der Waals surface area contributed by atoms with Crippen LogP contribution in [0.25, 0.3) is 0 Å². The lowest BCUT2D eigenvalue weighted by atomic mass is 9.95. The van der Waals surface area contributed by atoms with Crippen molar-refractivity contribution in [3.8, 4) is 0 Å². The minimum absolute atomic E-state index is 0.0927. The van der Waals surface area contributed by atoms with Crippen LogP contribution in [0.1, 0.15) is 20.3 Å². The standard InChI is InChI=1S/C9H14N2O3/c1-6(2)8-9(11(13)14)3-7(9)4-10(8)5-12/h5-8H,3-4H2,1-2H3/t7-,8+,9+/m0/s1. The van der Waals surface area contributed by atoms with Gasteiger partial charge in [0, 0.05) is 17.9 Å². The molecule has 1 heterocycles. The van der Waals surface area contributed by atoms with Gasteiger partial charge in [-0.05, 0) is 5.92 Å². The summed E-state index contributed by atoms with van der Waals surface area (Å²) in [6.45, 7) is 4.44. The average Bonchev–Trinajstić information content (AvgIpc) is 2.72. The molecule has 3 atom stereocenters. The van der Waals surface area contributed by atoms with E-state index in [-0.39, 0.29) is 22.8 Å². The molecule has 5 heteroatoms. The van der Waals surface area contributed by atoms with Crippen molar-refractivity contribution in [1.82, 2.24) is 4.90 Å². The summed E-state index contributed by atoms with van der Waals surface area (Å²) in [6.07, 6.45) is 1.40. The molecule has 0 aromatic heterocycles. The summed E-state index contributed by atoms with van der Waals surface area (Å²) >= 11 is 0. The first-order valence-electron chi connectivity index (χ1n) is 4.89. The summed E-state index contributed by atoms with van der Waals surface area (Å²) in [5.41, 5.74) is -0.810. The zero-order valence-corrected chi connectivity index (χ0v) is 8.34. The Balaban J connectivity index is 2.30. The van der Waals surface area contributed by atoms with Crippen LogP contribution in [0.3, 0.4) is 0 Å². The predicted molar refractivity (Wildman–Crippen MR) is 49.2 cm³/mol. The first-order valence-corrected chi connectivity index (χ1v) is 4.89. The molecule has 78 valence electrons. The second-order valence-corrected chi connectivity index (χ2v) is 4.64. The number of fused-ring (bicyclic) bond motifs is 1. The minimum atomic E-state index is -0.810. The zero-order chi connectivity index (χ0) is 10.5. The third kappa shape index (κ3) is 0.923. The molecule has 1 saturated heterocycles.